The van der Waals surface area contributed by atoms with Gasteiger partial charge in [-0.2, -0.15) is 0 Å². The van der Waals surface area contributed by atoms with Crippen molar-refractivity contribution in [1.29, 1.82) is 0 Å². The molecule has 1 aromatic rings. The molecule has 5 nitrogen and oxygen atoms in total. The zero-order valence-corrected chi connectivity index (χ0v) is 11.6. The van der Waals surface area contributed by atoms with Gasteiger partial charge in [0.1, 0.15) is 0 Å². The Balaban J connectivity index is 2.49. The summed E-state index contributed by atoms with van der Waals surface area (Å²) in [7, 11) is -1.71. The number of rotatable bonds is 7. The van der Waals surface area contributed by atoms with E-state index in [1.165, 1.54) is 4.31 Å². The van der Waals surface area contributed by atoms with Gasteiger partial charge in [0.25, 0.3) is 0 Å². The van der Waals surface area contributed by atoms with Crippen LogP contribution in [0.4, 0.5) is 0 Å². The first-order valence-electron chi connectivity index (χ1n) is 5.93. The van der Waals surface area contributed by atoms with Gasteiger partial charge in [-0.25, -0.2) is 12.7 Å². The minimum Gasteiger partial charge on any atom is -0.393 e. The van der Waals surface area contributed by atoms with Crippen molar-refractivity contribution in [3.63, 3.8) is 0 Å². The molecule has 0 aliphatic rings. The fourth-order valence-electron chi connectivity index (χ4n) is 1.46. The van der Waals surface area contributed by atoms with E-state index in [1.807, 2.05) is 12.1 Å². The van der Waals surface area contributed by atoms with Crippen LogP contribution in [-0.4, -0.2) is 48.3 Å². The van der Waals surface area contributed by atoms with Crippen molar-refractivity contribution < 1.29 is 13.5 Å². The predicted molar refractivity (Wildman–Crippen MR) is 70.7 cm³/mol. The molecule has 1 unspecified atom stereocenters. The molecule has 1 N–H and O–H groups in total. The van der Waals surface area contributed by atoms with Crippen LogP contribution in [0.25, 0.3) is 0 Å². The molecule has 6 heteroatoms. The Bertz CT molecular complexity index is 446. The second-order valence-corrected chi connectivity index (χ2v) is 6.58. The van der Waals surface area contributed by atoms with E-state index >= 15 is 0 Å². The molecule has 0 aromatic carbocycles. The van der Waals surface area contributed by atoms with Crippen LogP contribution in [0.15, 0.2) is 24.5 Å². The van der Waals surface area contributed by atoms with Crippen LogP contribution >= 0.6 is 0 Å². The van der Waals surface area contributed by atoms with Crippen LogP contribution in [0.1, 0.15) is 18.9 Å². The third-order valence-electron chi connectivity index (χ3n) is 2.73. The summed E-state index contributed by atoms with van der Waals surface area (Å²) in [5.41, 5.74) is 0.956. The fourth-order valence-corrected chi connectivity index (χ4v) is 2.65. The Hall–Kier alpha value is -0.980. The number of hydrogen-bond acceptors (Lipinski definition) is 4. The lowest BCUT2D eigenvalue weighted by atomic mass is 10.2. The lowest BCUT2D eigenvalue weighted by molar-refractivity contribution is 0.177. The maximum absolute atomic E-state index is 11.9. The second-order valence-electron chi connectivity index (χ2n) is 4.38. The molecule has 0 saturated heterocycles. The topological polar surface area (TPSA) is 70.5 Å². The Labute approximate surface area is 109 Å². The number of aliphatic hydroxyl groups excluding tert-OH is 1. The van der Waals surface area contributed by atoms with Gasteiger partial charge >= 0.3 is 0 Å². The summed E-state index contributed by atoms with van der Waals surface area (Å²) in [5, 5.41) is 9.15. The number of sulfonamides is 1. The van der Waals surface area contributed by atoms with Crippen molar-refractivity contribution >= 4 is 10.0 Å². The third kappa shape index (κ3) is 5.12. The number of aliphatic hydroxyl groups is 1. The molecule has 0 amide bonds. The summed E-state index contributed by atoms with van der Waals surface area (Å²) in [6.07, 6.45) is 3.75. The molecule has 0 bridgehead atoms. The first kappa shape index (κ1) is 15.1. The summed E-state index contributed by atoms with van der Waals surface area (Å²) < 4.78 is 25.2. The summed E-state index contributed by atoms with van der Waals surface area (Å²) in [6.45, 7) is 1.99. The Kier molecular flexibility index (Phi) is 5.71. The molecule has 1 rings (SSSR count). The molecular formula is C12H20N2O3S. The summed E-state index contributed by atoms with van der Waals surface area (Å²) >= 11 is 0. The van der Waals surface area contributed by atoms with E-state index in [2.05, 4.69) is 4.98 Å². The maximum Gasteiger partial charge on any atom is 0.214 e. The molecule has 102 valence electrons. The van der Waals surface area contributed by atoms with Crippen molar-refractivity contribution in [1.82, 2.24) is 9.29 Å². The van der Waals surface area contributed by atoms with Crippen LogP contribution in [-0.2, 0) is 16.4 Å². The first-order chi connectivity index (χ1) is 8.42. The highest BCUT2D eigenvalue weighted by Crippen LogP contribution is 2.06. The predicted octanol–water partition coefficient (Wildman–Crippen LogP) is 0.657. The quantitative estimate of drug-likeness (QED) is 0.791. The van der Waals surface area contributed by atoms with Gasteiger partial charge in [0.2, 0.25) is 10.0 Å². The van der Waals surface area contributed by atoms with Crippen molar-refractivity contribution in [3.8, 4) is 0 Å². The summed E-state index contributed by atoms with van der Waals surface area (Å²) in [4.78, 5) is 3.89. The Morgan fingerprint density at radius 3 is 2.56 bits per heavy atom. The normalized spacial score (nSPS) is 13.8. The number of pyridine rings is 1. The highest BCUT2D eigenvalue weighted by molar-refractivity contribution is 7.89. The minimum atomic E-state index is -3.25. The van der Waals surface area contributed by atoms with Crippen molar-refractivity contribution in [3.05, 3.63) is 30.1 Å². The van der Waals surface area contributed by atoms with E-state index in [0.29, 0.717) is 19.4 Å². The van der Waals surface area contributed by atoms with E-state index in [0.717, 1.165) is 5.56 Å². The fraction of sp³-hybridized carbons (Fsp3) is 0.583. The van der Waals surface area contributed by atoms with E-state index in [1.54, 1.807) is 26.4 Å². The van der Waals surface area contributed by atoms with Gasteiger partial charge in [-0.05, 0) is 37.5 Å². The molecule has 0 radical (unpaired) electrons. The van der Waals surface area contributed by atoms with Crippen LogP contribution in [0.2, 0.25) is 0 Å². The van der Waals surface area contributed by atoms with E-state index in [9.17, 15) is 8.42 Å². The van der Waals surface area contributed by atoms with Crippen molar-refractivity contribution in [2.75, 3.05) is 19.3 Å². The maximum atomic E-state index is 11.9. The van der Waals surface area contributed by atoms with E-state index in [-0.39, 0.29) is 5.75 Å². The van der Waals surface area contributed by atoms with Crippen molar-refractivity contribution in [2.45, 2.75) is 25.9 Å². The van der Waals surface area contributed by atoms with Gasteiger partial charge in [-0.15, -0.1) is 0 Å². The number of nitrogens with zero attached hydrogens (tertiary/aromatic N) is 2. The Morgan fingerprint density at radius 2 is 2.00 bits per heavy atom. The van der Waals surface area contributed by atoms with Gasteiger partial charge in [0, 0.05) is 26.0 Å². The third-order valence-corrected chi connectivity index (χ3v) is 4.59. The molecule has 1 heterocycles. The van der Waals surface area contributed by atoms with Gasteiger partial charge in [-0.3, -0.25) is 4.98 Å². The SMILES string of the molecule is CC(O)CCN(C)S(=O)(=O)CCc1ccncc1. The van der Waals surface area contributed by atoms with Crippen molar-refractivity contribution in [2.24, 2.45) is 0 Å². The zero-order chi connectivity index (χ0) is 13.6. The standard InChI is InChI=1S/C12H20N2O3S/c1-11(15)5-9-14(2)18(16,17)10-6-12-3-7-13-8-4-12/h3-4,7-8,11,15H,5-6,9-10H2,1-2H3. The van der Waals surface area contributed by atoms with Gasteiger partial charge in [0.15, 0.2) is 0 Å². The molecule has 18 heavy (non-hydrogen) atoms. The zero-order valence-electron chi connectivity index (χ0n) is 10.8. The number of aromatic nitrogens is 1. The largest absolute Gasteiger partial charge is 0.393 e. The molecule has 0 fully saturated rings. The molecule has 0 spiro atoms. The lowest BCUT2D eigenvalue weighted by Gasteiger charge is -2.17. The average Bonchev–Trinajstić information content (AvgIpc) is 2.34. The van der Waals surface area contributed by atoms with E-state index < -0.39 is 16.1 Å². The molecular weight excluding hydrogens is 252 g/mol. The molecule has 0 aliphatic carbocycles. The van der Waals surface area contributed by atoms with Gasteiger partial charge in [-0.1, -0.05) is 0 Å². The minimum absolute atomic E-state index is 0.0767. The highest BCUT2D eigenvalue weighted by Gasteiger charge is 2.17. The molecule has 1 atom stereocenters. The van der Waals surface area contributed by atoms with Crippen LogP contribution in [0.5, 0.6) is 0 Å². The van der Waals surface area contributed by atoms with Crippen LogP contribution < -0.4 is 0 Å². The molecule has 0 saturated carbocycles. The number of hydrogen-bond donors (Lipinski definition) is 1. The Morgan fingerprint density at radius 1 is 1.39 bits per heavy atom. The smallest absolute Gasteiger partial charge is 0.214 e. The summed E-state index contributed by atoms with van der Waals surface area (Å²) in [6, 6.07) is 3.62. The lowest BCUT2D eigenvalue weighted by Crippen LogP contribution is -2.32. The average molecular weight is 272 g/mol. The number of aryl methyl sites for hydroxylation is 1. The highest BCUT2D eigenvalue weighted by atomic mass is 32.2. The summed E-state index contributed by atoms with van der Waals surface area (Å²) in [5.74, 6) is 0.0767. The monoisotopic (exact) mass is 272 g/mol. The van der Waals surface area contributed by atoms with Gasteiger partial charge in [0.05, 0.1) is 11.9 Å². The second kappa shape index (κ2) is 6.82. The molecule has 0 aliphatic heterocycles. The van der Waals surface area contributed by atoms with Crippen LogP contribution in [0, 0.1) is 0 Å². The molecule has 1 aromatic heterocycles. The van der Waals surface area contributed by atoms with Crippen LogP contribution in [0.3, 0.4) is 0 Å². The first-order valence-corrected chi connectivity index (χ1v) is 7.53. The van der Waals surface area contributed by atoms with E-state index in [4.69, 9.17) is 5.11 Å². The van der Waals surface area contributed by atoms with Gasteiger partial charge < -0.3 is 5.11 Å².